The van der Waals surface area contributed by atoms with Gasteiger partial charge in [0.25, 0.3) is 0 Å². The summed E-state index contributed by atoms with van der Waals surface area (Å²) in [5.41, 5.74) is 0.975. The predicted molar refractivity (Wildman–Crippen MR) is 123 cm³/mol. The number of aliphatic imine (C=N–C) groups is 1. The van der Waals surface area contributed by atoms with Gasteiger partial charge in [-0.25, -0.2) is 14.4 Å². The highest BCUT2D eigenvalue weighted by molar-refractivity contribution is 5.80. The van der Waals surface area contributed by atoms with Crippen LogP contribution in [0.1, 0.15) is 31.7 Å². The molecule has 1 aromatic carbocycles. The Morgan fingerprint density at radius 3 is 2.75 bits per heavy atom. The number of hydrogen-bond acceptors (Lipinski definition) is 5. The molecule has 0 radical (unpaired) electrons. The largest absolute Gasteiger partial charge is 0.439 e. The minimum Gasteiger partial charge on any atom is -0.439 e. The molecule has 0 bridgehead atoms. The Hall–Kier alpha value is -2.71. The van der Waals surface area contributed by atoms with Gasteiger partial charge >= 0.3 is 0 Å². The van der Waals surface area contributed by atoms with Gasteiger partial charge in [0.05, 0.1) is 12.6 Å². The van der Waals surface area contributed by atoms with Gasteiger partial charge < -0.3 is 24.4 Å². The van der Waals surface area contributed by atoms with Crippen LogP contribution in [0, 0.1) is 5.82 Å². The van der Waals surface area contributed by atoms with Gasteiger partial charge in [0.15, 0.2) is 5.96 Å². The first-order valence-corrected chi connectivity index (χ1v) is 11.2. The quantitative estimate of drug-likeness (QED) is 0.339. The van der Waals surface area contributed by atoms with E-state index < -0.39 is 0 Å². The molecule has 0 amide bonds. The van der Waals surface area contributed by atoms with Crippen molar-refractivity contribution in [2.75, 3.05) is 40.0 Å². The van der Waals surface area contributed by atoms with Crippen molar-refractivity contribution in [1.29, 1.82) is 0 Å². The van der Waals surface area contributed by atoms with Crippen LogP contribution in [0.25, 0.3) is 0 Å². The van der Waals surface area contributed by atoms with E-state index in [9.17, 15) is 4.39 Å². The number of ether oxygens (including phenoxy) is 3. The van der Waals surface area contributed by atoms with Crippen molar-refractivity contribution in [2.45, 2.75) is 38.8 Å². The molecule has 2 aromatic rings. The van der Waals surface area contributed by atoms with E-state index in [1.54, 1.807) is 31.5 Å². The van der Waals surface area contributed by atoms with Crippen LogP contribution < -0.4 is 10.1 Å². The van der Waals surface area contributed by atoms with E-state index in [0.29, 0.717) is 24.3 Å². The number of nitrogens with zero attached hydrogens (tertiary/aromatic N) is 3. The summed E-state index contributed by atoms with van der Waals surface area (Å²) >= 11 is 0. The van der Waals surface area contributed by atoms with Crippen LogP contribution in [0.15, 0.2) is 47.6 Å². The van der Waals surface area contributed by atoms with Gasteiger partial charge in [-0.05, 0) is 43.9 Å². The molecule has 1 saturated heterocycles. The summed E-state index contributed by atoms with van der Waals surface area (Å²) in [5, 5.41) is 3.38. The summed E-state index contributed by atoms with van der Waals surface area (Å²) in [5.74, 6) is 1.41. The molecular formula is C24H33FN4O3. The minimum atomic E-state index is -0.342. The molecule has 0 saturated carbocycles. The summed E-state index contributed by atoms with van der Waals surface area (Å²) in [4.78, 5) is 11.4. The third-order valence-electron chi connectivity index (χ3n) is 5.15. The molecule has 3 rings (SSSR count). The maximum Gasteiger partial charge on any atom is 0.219 e. The molecule has 7 nitrogen and oxygen atoms in total. The molecule has 0 spiro atoms. The van der Waals surface area contributed by atoms with Crippen LogP contribution >= 0.6 is 0 Å². The maximum absolute atomic E-state index is 13.3. The Morgan fingerprint density at radius 2 is 2.06 bits per heavy atom. The van der Waals surface area contributed by atoms with Crippen LogP contribution in [-0.4, -0.2) is 61.9 Å². The lowest BCUT2D eigenvalue weighted by Crippen LogP contribution is -2.47. The first-order valence-electron chi connectivity index (χ1n) is 11.2. The molecule has 32 heavy (non-hydrogen) atoms. The van der Waals surface area contributed by atoms with Gasteiger partial charge in [-0.2, -0.15) is 0 Å². The number of nitrogens with one attached hydrogen (secondary N) is 1. The predicted octanol–water partition coefficient (Wildman–Crippen LogP) is 4.00. The van der Waals surface area contributed by atoms with Crippen molar-refractivity contribution < 1.29 is 18.6 Å². The highest BCUT2D eigenvalue weighted by Crippen LogP contribution is 2.20. The zero-order chi connectivity index (χ0) is 22.6. The Kier molecular flexibility index (Phi) is 9.71. The number of aromatic nitrogens is 1. The van der Waals surface area contributed by atoms with E-state index in [2.05, 4.69) is 22.1 Å². The fourth-order valence-corrected chi connectivity index (χ4v) is 3.50. The minimum absolute atomic E-state index is 0.306. The maximum atomic E-state index is 13.3. The van der Waals surface area contributed by atoms with Crippen LogP contribution in [-0.2, 0) is 16.0 Å². The number of rotatable bonds is 10. The topological polar surface area (TPSA) is 68.2 Å². The highest BCUT2D eigenvalue weighted by atomic mass is 19.1. The van der Waals surface area contributed by atoms with Crippen LogP contribution in [0.2, 0.25) is 0 Å². The van der Waals surface area contributed by atoms with Crippen molar-refractivity contribution >= 4 is 5.96 Å². The molecule has 0 atom stereocenters. The van der Waals surface area contributed by atoms with Crippen molar-refractivity contribution in [2.24, 2.45) is 4.99 Å². The monoisotopic (exact) mass is 444 g/mol. The number of benzene rings is 1. The van der Waals surface area contributed by atoms with E-state index in [0.717, 1.165) is 63.6 Å². The van der Waals surface area contributed by atoms with E-state index >= 15 is 0 Å². The van der Waals surface area contributed by atoms with Crippen molar-refractivity contribution in [3.63, 3.8) is 0 Å². The van der Waals surface area contributed by atoms with Crippen molar-refractivity contribution in [3.8, 4) is 11.6 Å². The standard InChI is InChI=1S/C24H33FN4O3/c1-3-26-24(29-12-10-21(11-13-29)31-15-5-14-30-2)28-18-19-8-9-23(27-17-19)32-22-7-4-6-20(25)16-22/h4,6-9,16-17,21H,3,5,10-15,18H2,1-2H3,(H,26,28). The van der Waals surface area contributed by atoms with Crippen molar-refractivity contribution in [1.82, 2.24) is 15.2 Å². The molecule has 1 aliphatic heterocycles. The Balaban J connectivity index is 1.50. The van der Waals surface area contributed by atoms with E-state index in [-0.39, 0.29) is 5.82 Å². The molecule has 8 heteroatoms. The first kappa shape index (κ1) is 23.9. The molecule has 174 valence electrons. The summed E-state index contributed by atoms with van der Waals surface area (Å²) < 4.78 is 29.9. The third-order valence-corrected chi connectivity index (χ3v) is 5.15. The van der Waals surface area contributed by atoms with Gasteiger partial charge in [0.1, 0.15) is 11.6 Å². The van der Waals surface area contributed by atoms with Gasteiger partial charge in [-0.15, -0.1) is 0 Å². The normalized spacial score (nSPS) is 15.1. The lowest BCUT2D eigenvalue weighted by Gasteiger charge is -2.34. The number of guanidine groups is 1. The zero-order valence-electron chi connectivity index (χ0n) is 18.9. The van der Waals surface area contributed by atoms with E-state index in [4.69, 9.17) is 19.2 Å². The smallest absolute Gasteiger partial charge is 0.219 e. The summed E-state index contributed by atoms with van der Waals surface area (Å²) in [7, 11) is 1.71. The van der Waals surface area contributed by atoms with Gasteiger partial charge in [0, 0.05) is 58.3 Å². The SMILES string of the molecule is CCNC(=NCc1ccc(Oc2cccc(F)c2)nc1)N1CCC(OCCCOC)CC1. The second kappa shape index (κ2) is 13.0. The van der Waals surface area contributed by atoms with Gasteiger partial charge in [0.2, 0.25) is 5.88 Å². The number of piperidine rings is 1. The second-order valence-corrected chi connectivity index (χ2v) is 7.64. The molecule has 1 N–H and O–H groups in total. The van der Waals surface area contributed by atoms with E-state index in [1.165, 1.54) is 12.1 Å². The molecule has 1 aliphatic rings. The number of methoxy groups -OCH3 is 1. The molecule has 0 aliphatic carbocycles. The lowest BCUT2D eigenvalue weighted by atomic mass is 10.1. The lowest BCUT2D eigenvalue weighted by molar-refractivity contribution is 0.00990. The van der Waals surface area contributed by atoms with Crippen LogP contribution in [0.5, 0.6) is 11.6 Å². The Morgan fingerprint density at radius 1 is 1.22 bits per heavy atom. The fraction of sp³-hybridized carbons (Fsp3) is 0.500. The summed E-state index contributed by atoms with van der Waals surface area (Å²) in [6.45, 7) is 6.72. The molecular weight excluding hydrogens is 411 g/mol. The number of hydrogen-bond donors (Lipinski definition) is 1. The van der Waals surface area contributed by atoms with Gasteiger partial charge in [-0.1, -0.05) is 12.1 Å². The molecule has 2 heterocycles. The average Bonchev–Trinajstić information content (AvgIpc) is 2.81. The fourth-order valence-electron chi connectivity index (χ4n) is 3.50. The van der Waals surface area contributed by atoms with Gasteiger partial charge in [-0.3, -0.25) is 0 Å². The van der Waals surface area contributed by atoms with Crippen LogP contribution in [0.4, 0.5) is 4.39 Å². The van der Waals surface area contributed by atoms with E-state index in [1.807, 2.05) is 6.07 Å². The number of pyridine rings is 1. The van der Waals surface area contributed by atoms with Crippen LogP contribution in [0.3, 0.4) is 0 Å². The summed E-state index contributed by atoms with van der Waals surface area (Å²) in [6, 6.07) is 9.70. The third kappa shape index (κ3) is 7.76. The highest BCUT2D eigenvalue weighted by Gasteiger charge is 2.21. The molecule has 0 unspecified atom stereocenters. The molecule has 1 fully saturated rings. The number of likely N-dealkylation sites (tertiary alicyclic amines) is 1. The molecule has 1 aromatic heterocycles. The van der Waals surface area contributed by atoms with Crippen molar-refractivity contribution in [3.05, 3.63) is 54.0 Å². The Bertz CT molecular complexity index is 839. The summed E-state index contributed by atoms with van der Waals surface area (Å²) in [6.07, 6.45) is 4.96. The Labute approximate surface area is 189 Å². The first-order chi connectivity index (χ1) is 15.7. The number of halogens is 1. The zero-order valence-corrected chi connectivity index (χ0v) is 18.9. The average molecular weight is 445 g/mol. The second-order valence-electron chi connectivity index (χ2n) is 7.64.